The summed E-state index contributed by atoms with van der Waals surface area (Å²) >= 11 is 6.21. The third-order valence-electron chi connectivity index (χ3n) is 3.54. The van der Waals surface area contributed by atoms with Gasteiger partial charge in [-0.2, -0.15) is 0 Å². The van der Waals surface area contributed by atoms with Crippen LogP contribution in [0.2, 0.25) is 5.02 Å². The highest BCUT2D eigenvalue weighted by atomic mass is 35.5. The van der Waals surface area contributed by atoms with Gasteiger partial charge < -0.3 is 15.8 Å². The minimum atomic E-state index is -0.671. The monoisotopic (exact) mass is 302 g/mol. The maximum Gasteiger partial charge on any atom is 0.245 e. The molecule has 108 valence electrons. The number of anilines is 1. The summed E-state index contributed by atoms with van der Waals surface area (Å²) in [7, 11) is 0. The van der Waals surface area contributed by atoms with Gasteiger partial charge in [0.1, 0.15) is 17.5 Å². The third-order valence-corrected chi connectivity index (χ3v) is 3.83. The number of nitrogens with one attached hydrogen (secondary N) is 1. The molecule has 0 aliphatic carbocycles. The van der Waals surface area contributed by atoms with Gasteiger partial charge in [0, 0.05) is 17.3 Å². The zero-order valence-corrected chi connectivity index (χ0v) is 12.3. The van der Waals surface area contributed by atoms with Crippen molar-refractivity contribution < 1.29 is 9.53 Å². The van der Waals surface area contributed by atoms with Crippen LogP contribution in [0, 0.1) is 0 Å². The number of hydrogen-bond donors (Lipinski definition) is 2. The van der Waals surface area contributed by atoms with Crippen LogP contribution in [0.15, 0.2) is 36.4 Å². The molecule has 0 spiro atoms. The Balaban J connectivity index is 1.89. The lowest BCUT2D eigenvalue weighted by Crippen LogP contribution is -2.19. The van der Waals surface area contributed by atoms with Crippen molar-refractivity contribution >= 4 is 23.2 Å². The highest BCUT2D eigenvalue weighted by molar-refractivity contribution is 6.32. The first-order valence-electron chi connectivity index (χ1n) is 6.75. The van der Waals surface area contributed by atoms with E-state index in [4.69, 9.17) is 22.1 Å². The van der Waals surface area contributed by atoms with E-state index in [0.29, 0.717) is 27.8 Å². The minimum absolute atomic E-state index is 0.231. The van der Waals surface area contributed by atoms with E-state index in [1.165, 1.54) is 5.56 Å². The molecular formula is C16H15ClN2O2. The molecule has 0 bridgehead atoms. The van der Waals surface area contributed by atoms with Crippen LogP contribution in [-0.4, -0.2) is 5.91 Å². The number of fused-ring (bicyclic) bond motifs is 1. The molecule has 3 rings (SSSR count). The van der Waals surface area contributed by atoms with Crippen LogP contribution in [0.4, 0.5) is 5.69 Å². The molecule has 3 N–H and O–H groups in total. The van der Waals surface area contributed by atoms with Crippen molar-refractivity contribution in [1.29, 1.82) is 0 Å². The van der Waals surface area contributed by atoms with Crippen LogP contribution < -0.4 is 15.8 Å². The van der Waals surface area contributed by atoms with E-state index >= 15 is 0 Å². The average molecular weight is 303 g/mol. The van der Waals surface area contributed by atoms with Crippen LogP contribution in [-0.2, 0) is 11.2 Å². The SMILES string of the molecule is CCc1ccc(Oc2cc3c(cc2Cl)C(N)C(=O)N3)cc1. The Morgan fingerprint density at radius 3 is 2.67 bits per heavy atom. The third kappa shape index (κ3) is 2.60. The van der Waals surface area contributed by atoms with E-state index in [-0.39, 0.29) is 5.91 Å². The Hall–Kier alpha value is -2.04. The lowest BCUT2D eigenvalue weighted by Gasteiger charge is -2.10. The first-order chi connectivity index (χ1) is 10.1. The van der Waals surface area contributed by atoms with Gasteiger partial charge in [-0.05, 0) is 30.2 Å². The number of ether oxygens (including phenoxy) is 1. The largest absolute Gasteiger partial charge is 0.456 e. The van der Waals surface area contributed by atoms with Crippen LogP contribution in [0.3, 0.4) is 0 Å². The van der Waals surface area contributed by atoms with Crippen LogP contribution in [0.1, 0.15) is 24.1 Å². The fourth-order valence-electron chi connectivity index (χ4n) is 2.28. The topological polar surface area (TPSA) is 64.3 Å². The van der Waals surface area contributed by atoms with E-state index in [2.05, 4.69) is 12.2 Å². The molecule has 1 atom stereocenters. The van der Waals surface area contributed by atoms with E-state index in [1.54, 1.807) is 12.1 Å². The Morgan fingerprint density at radius 2 is 2.00 bits per heavy atom. The lowest BCUT2D eigenvalue weighted by atomic mass is 10.1. The Labute approximate surface area is 127 Å². The molecule has 1 unspecified atom stereocenters. The van der Waals surface area contributed by atoms with Gasteiger partial charge in [0.05, 0.1) is 5.02 Å². The normalized spacial score (nSPS) is 16.5. The maximum absolute atomic E-state index is 11.6. The molecule has 2 aromatic rings. The predicted molar refractivity (Wildman–Crippen MR) is 82.9 cm³/mol. The molecule has 2 aromatic carbocycles. The predicted octanol–water partition coefficient (Wildman–Crippen LogP) is 3.65. The van der Waals surface area contributed by atoms with E-state index in [1.807, 2.05) is 24.3 Å². The number of benzene rings is 2. The zero-order valence-electron chi connectivity index (χ0n) is 11.5. The standard InChI is InChI=1S/C16H15ClN2O2/c1-2-9-3-5-10(6-4-9)21-14-8-13-11(7-12(14)17)15(18)16(20)19-13/h3-8,15H,2,18H2,1H3,(H,19,20). The fraction of sp³-hybridized carbons (Fsp3) is 0.188. The molecule has 1 aliphatic heterocycles. The maximum atomic E-state index is 11.6. The van der Waals surface area contributed by atoms with E-state index in [0.717, 1.165) is 6.42 Å². The van der Waals surface area contributed by atoms with Crippen LogP contribution in [0.25, 0.3) is 0 Å². The summed E-state index contributed by atoms with van der Waals surface area (Å²) in [6.07, 6.45) is 0.976. The minimum Gasteiger partial charge on any atom is -0.456 e. The summed E-state index contributed by atoms with van der Waals surface area (Å²) in [5, 5.41) is 3.15. The van der Waals surface area contributed by atoms with Crippen molar-refractivity contribution in [3.63, 3.8) is 0 Å². The summed E-state index contributed by atoms with van der Waals surface area (Å²) < 4.78 is 5.78. The molecule has 0 fully saturated rings. The van der Waals surface area contributed by atoms with Crippen molar-refractivity contribution in [2.45, 2.75) is 19.4 Å². The van der Waals surface area contributed by atoms with E-state index in [9.17, 15) is 4.79 Å². The van der Waals surface area contributed by atoms with Gasteiger partial charge in [-0.25, -0.2) is 0 Å². The van der Waals surface area contributed by atoms with Crippen LogP contribution in [0.5, 0.6) is 11.5 Å². The van der Waals surface area contributed by atoms with Gasteiger partial charge >= 0.3 is 0 Å². The smallest absolute Gasteiger partial charge is 0.245 e. The Bertz CT molecular complexity index is 698. The first-order valence-corrected chi connectivity index (χ1v) is 7.13. The number of halogens is 1. The Kier molecular flexibility index (Phi) is 3.57. The van der Waals surface area contributed by atoms with Gasteiger partial charge in [0.15, 0.2) is 0 Å². The molecule has 5 heteroatoms. The molecular weight excluding hydrogens is 288 g/mol. The molecule has 0 radical (unpaired) electrons. The molecule has 1 aliphatic rings. The average Bonchev–Trinajstić information content (AvgIpc) is 2.75. The highest BCUT2D eigenvalue weighted by Gasteiger charge is 2.28. The fourth-order valence-corrected chi connectivity index (χ4v) is 2.50. The summed E-state index contributed by atoms with van der Waals surface area (Å²) in [6, 6.07) is 10.5. The van der Waals surface area contributed by atoms with Crippen molar-refractivity contribution in [2.75, 3.05) is 5.32 Å². The molecule has 0 aromatic heterocycles. The van der Waals surface area contributed by atoms with Crippen LogP contribution >= 0.6 is 11.6 Å². The highest BCUT2D eigenvalue weighted by Crippen LogP contribution is 2.39. The van der Waals surface area contributed by atoms with Crippen molar-refractivity contribution in [3.05, 3.63) is 52.5 Å². The van der Waals surface area contributed by atoms with Gasteiger partial charge in [-0.15, -0.1) is 0 Å². The lowest BCUT2D eigenvalue weighted by molar-refractivity contribution is -0.116. The van der Waals surface area contributed by atoms with Gasteiger partial charge in [0.25, 0.3) is 0 Å². The van der Waals surface area contributed by atoms with Crippen molar-refractivity contribution in [2.24, 2.45) is 5.73 Å². The number of aryl methyl sites for hydroxylation is 1. The second-order valence-electron chi connectivity index (χ2n) is 4.94. The molecule has 21 heavy (non-hydrogen) atoms. The second-order valence-corrected chi connectivity index (χ2v) is 5.34. The summed E-state index contributed by atoms with van der Waals surface area (Å²) in [5.41, 5.74) is 8.36. The molecule has 0 saturated carbocycles. The van der Waals surface area contributed by atoms with E-state index < -0.39 is 6.04 Å². The summed E-state index contributed by atoms with van der Waals surface area (Å²) in [6.45, 7) is 2.10. The number of nitrogens with two attached hydrogens (primary N) is 1. The molecule has 1 amide bonds. The quantitative estimate of drug-likeness (QED) is 0.909. The number of rotatable bonds is 3. The number of amides is 1. The van der Waals surface area contributed by atoms with Gasteiger partial charge in [-0.1, -0.05) is 30.7 Å². The van der Waals surface area contributed by atoms with Crippen molar-refractivity contribution in [3.8, 4) is 11.5 Å². The zero-order chi connectivity index (χ0) is 15.0. The van der Waals surface area contributed by atoms with Crippen molar-refractivity contribution in [1.82, 2.24) is 0 Å². The number of hydrogen-bond acceptors (Lipinski definition) is 3. The van der Waals surface area contributed by atoms with Gasteiger partial charge in [-0.3, -0.25) is 4.79 Å². The number of carbonyl (C=O) groups excluding carboxylic acids is 1. The molecule has 1 heterocycles. The first kappa shape index (κ1) is 13.9. The summed E-state index contributed by atoms with van der Waals surface area (Å²) in [4.78, 5) is 11.6. The molecule has 4 nitrogen and oxygen atoms in total. The van der Waals surface area contributed by atoms with Gasteiger partial charge in [0.2, 0.25) is 5.91 Å². The molecule has 0 saturated heterocycles. The number of carbonyl (C=O) groups is 1. The summed E-state index contributed by atoms with van der Waals surface area (Å²) in [5.74, 6) is 0.960. The second kappa shape index (κ2) is 5.39. The Morgan fingerprint density at radius 1 is 1.29 bits per heavy atom.